The Bertz CT molecular complexity index is 362. The van der Waals surface area contributed by atoms with Crippen LogP contribution in [0.1, 0.15) is 19.3 Å². The highest BCUT2D eigenvalue weighted by atomic mass is 16.2. The molecule has 1 unspecified atom stereocenters. The number of rotatable bonds is 0. The van der Waals surface area contributed by atoms with E-state index >= 15 is 0 Å². The summed E-state index contributed by atoms with van der Waals surface area (Å²) in [6, 6.07) is 1.92. The molecular weight excluding hydrogens is 168 g/mol. The first kappa shape index (κ1) is 7.99. The van der Waals surface area contributed by atoms with Gasteiger partial charge in [0.2, 0.25) is 5.91 Å². The largest absolute Gasteiger partial charge is 0.291 e. The van der Waals surface area contributed by atoms with Crippen molar-refractivity contribution >= 4 is 11.8 Å². The summed E-state index contributed by atoms with van der Waals surface area (Å²) in [7, 11) is 0. The van der Waals surface area contributed by atoms with E-state index in [1.54, 1.807) is 0 Å². The third-order valence-corrected chi connectivity index (χ3v) is 2.51. The summed E-state index contributed by atoms with van der Waals surface area (Å²) in [5, 5.41) is 10.9. The Kier molecular flexibility index (Phi) is 1.66. The van der Waals surface area contributed by atoms with Crippen LogP contribution in [0.5, 0.6) is 0 Å². The normalized spacial score (nSPS) is 26.8. The van der Waals surface area contributed by atoms with Gasteiger partial charge in [0.15, 0.2) is 0 Å². The van der Waals surface area contributed by atoms with Gasteiger partial charge in [-0.25, -0.2) is 0 Å². The van der Waals surface area contributed by atoms with Crippen LogP contribution in [-0.2, 0) is 9.59 Å². The number of amides is 2. The van der Waals surface area contributed by atoms with E-state index in [0.29, 0.717) is 18.4 Å². The van der Waals surface area contributed by atoms with E-state index in [9.17, 15) is 9.59 Å². The maximum Gasteiger partial charge on any atom is 0.253 e. The van der Waals surface area contributed by atoms with Crippen LogP contribution in [0.4, 0.5) is 0 Å². The van der Waals surface area contributed by atoms with E-state index in [2.05, 4.69) is 5.32 Å². The Morgan fingerprint density at radius 3 is 2.85 bits per heavy atom. The molecular formula is C9H8N2O2. The molecule has 0 aromatic carbocycles. The molecule has 0 aromatic rings. The maximum atomic E-state index is 11.2. The van der Waals surface area contributed by atoms with Gasteiger partial charge in [0, 0.05) is 5.57 Å². The summed E-state index contributed by atoms with van der Waals surface area (Å²) < 4.78 is 0. The third kappa shape index (κ3) is 1.04. The number of hydrogen-bond acceptors (Lipinski definition) is 3. The number of nitrogens with zero attached hydrogens (tertiary/aromatic N) is 1. The van der Waals surface area contributed by atoms with Crippen molar-refractivity contribution in [2.45, 2.75) is 19.3 Å². The molecule has 4 heteroatoms. The minimum absolute atomic E-state index is 0.302. The van der Waals surface area contributed by atoms with Crippen molar-refractivity contribution in [2.75, 3.05) is 0 Å². The van der Waals surface area contributed by atoms with Crippen molar-refractivity contribution in [1.82, 2.24) is 5.32 Å². The van der Waals surface area contributed by atoms with E-state index < -0.39 is 11.8 Å². The topological polar surface area (TPSA) is 70.0 Å². The van der Waals surface area contributed by atoms with Crippen molar-refractivity contribution in [3.05, 3.63) is 11.1 Å². The minimum Gasteiger partial charge on any atom is -0.291 e. The number of imide groups is 1. The number of nitriles is 1. The molecule has 0 saturated heterocycles. The molecule has 1 heterocycles. The highest BCUT2D eigenvalue weighted by Gasteiger charge is 2.36. The van der Waals surface area contributed by atoms with Gasteiger partial charge in [-0.2, -0.15) is 5.26 Å². The maximum absolute atomic E-state index is 11.2. The molecule has 0 spiro atoms. The Morgan fingerprint density at radius 1 is 1.38 bits per heavy atom. The second-order valence-corrected chi connectivity index (χ2v) is 3.24. The zero-order chi connectivity index (χ0) is 9.42. The van der Waals surface area contributed by atoms with Crippen molar-refractivity contribution < 1.29 is 9.59 Å². The van der Waals surface area contributed by atoms with Gasteiger partial charge in [0.25, 0.3) is 5.91 Å². The van der Waals surface area contributed by atoms with E-state index in [-0.39, 0.29) is 5.91 Å². The SMILES string of the molecule is N#CC1C(=O)NC(=O)C2=C1CCC2. The fourth-order valence-electron chi connectivity index (χ4n) is 1.90. The van der Waals surface area contributed by atoms with Crippen molar-refractivity contribution in [3.8, 4) is 6.07 Å². The van der Waals surface area contributed by atoms with E-state index in [1.807, 2.05) is 6.07 Å². The van der Waals surface area contributed by atoms with Gasteiger partial charge in [-0.1, -0.05) is 0 Å². The molecule has 0 bridgehead atoms. The zero-order valence-electron chi connectivity index (χ0n) is 6.96. The van der Waals surface area contributed by atoms with Gasteiger partial charge >= 0.3 is 0 Å². The first-order valence-electron chi connectivity index (χ1n) is 4.20. The van der Waals surface area contributed by atoms with Crippen LogP contribution < -0.4 is 5.32 Å². The monoisotopic (exact) mass is 176 g/mol. The lowest BCUT2D eigenvalue weighted by molar-refractivity contribution is -0.130. The van der Waals surface area contributed by atoms with Crippen LogP contribution in [0.25, 0.3) is 0 Å². The standard InChI is InChI=1S/C9H8N2O2/c10-4-7-5-2-1-3-6(5)8(12)11-9(7)13/h7H,1-3H2,(H,11,12,13). The molecule has 0 aromatic heterocycles. The molecule has 4 nitrogen and oxygen atoms in total. The lowest BCUT2D eigenvalue weighted by Crippen LogP contribution is -2.41. The second kappa shape index (κ2) is 2.70. The van der Waals surface area contributed by atoms with Gasteiger partial charge in [-0.15, -0.1) is 0 Å². The molecule has 1 atom stereocenters. The van der Waals surface area contributed by atoms with Crippen molar-refractivity contribution in [2.24, 2.45) is 5.92 Å². The number of carbonyl (C=O) groups excluding carboxylic acids is 2. The molecule has 66 valence electrons. The average molecular weight is 176 g/mol. The van der Waals surface area contributed by atoms with Gasteiger partial charge < -0.3 is 0 Å². The Morgan fingerprint density at radius 2 is 2.15 bits per heavy atom. The van der Waals surface area contributed by atoms with Crippen LogP contribution in [-0.4, -0.2) is 11.8 Å². The molecule has 1 N–H and O–H groups in total. The molecule has 0 radical (unpaired) electrons. The smallest absolute Gasteiger partial charge is 0.253 e. The molecule has 1 aliphatic carbocycles. The lowest BCUT2D eigenvalue weighted by Gasteiger charge is -2.17. The predicted molar refractivity (Wildman–Crippen MR) is 43.1 cm³/mol. The fourth-order valence-corrected chi connectivity index (χ4v) is 1.90. The van der Waals surface area contributed by atoms with E-state index in [0.717, 1.165) is 12.0 Å². The second-order valence-electron chi connectivity index (χ2n) is 3.24. The third-order valence-electron chi connectivity index (χ3n) is 2.51. The Labute approximate surface area is 75.2 Å². The molecule has 0 saturated carbocycles. The summed E-state index contributed by atoms with van der Waals surface area (Å²) in [6.07, 6.45) is 2.29. The lowest BCUT2D eigenvalue weighted by atomic mass is 9.92. The number of nitrogens with one attached hydrogen (secondary N) is 1. The Balaban J connectivity index is 2.46. The molecule has 13 heavy (non-hydrogen) atoms. The van der Waals surface area contributed by atoms with Crippen LogP contribution in [0.3, 0.4) is 0 Å². The summed E-state index contributed by atoms with van der Waals surface area (Å²) in [6.45, 7) is 0. The van der Waals surface area contributed by atoms with Crippen molar-refractivity contribution in [1.29, 1.82) is 5.26 Å². The van der Waals surface area contributed by atoms with Gasteiger partial charge in [0.05, 0.1) is 6.07 Å². The highest BCUT2D eigenvalue weighted by Crippen LogP contribution is 2.33. The van der Waals surface area contributed by atoms with Crippen LogP contribution in [0.15, 0.2) is 11.1 Å². The summed E-state index contributed by atoms with van der Waals surface area (Å²) in [4.78, 5) is 22.4. The minimum atomic E-state index is -0.727. The molecule has 0 fully saturated rings. The summed E-state index contributed by atoms with van der Waals surface area (Å²) in [5.41, 5.74) is 1.41. The van der Waals surface area contributed by atoms with Crippen LogP contribution in [0, 0.1) is 17.2 Å². The number of carbonyl (C=O) groups is 2. The van der Waals surface area contributed by atoms with E-state index in [4.69, 9.17) is 5.26 Å². The Hall–Kier alpha value is -1.63. The number of hydrogen-bond donors (Lipinski definition) is 1. The van der Waals surface area contributed by atoms with Gasteiger partial charge in [-0.05, 0) is 24.8 Å². The van der Waals surface area contributed by atoms with Gasteiger partial charge in [0.1, 0.15) is 5.92 Å². The van der Waals surface area contributed by atoms with Crippen LogP contribution in [0.2, 0.25) is 0 Å². The molecule has 2 aliphatic rings. The zero-order valence-corrected chi connectivity index (χ0v) is 6.96. The summed E-state index contributed by atoms with van der Waals surface area (Å²) >= 11 is 0. The molecule has 2 amide bonds. The van der Waals surface area contributed by atoms with Crippen molar-refractivity contribution in [3.63, 3.8) is 0 Å². The average Bonchev–Trinajstić information content (AvgIpc) is 2.53. The fraction of sp³-hybridized carbons (Fsp3) is 0.444. The quantitative estimate of drug-likeness (QED) is 0.538. The summed E-state index contributed by atoms with van der Waals surface area (Å²) in [5.74, 6) is -1.49. The molecule has 1 aliphatic heterocycles. The predicted octanol–water partition coefficient (Wildman–Crippen LogP) is 0.263. The molecule has 2 rings (SSSR count). The van der Waals surface area contributed by atoms with E-state index in [1.165, 1.54) is 0 Å². The highest BCUT2D eigenvalue weighted by molar-refractivity contribution is 6.10. The van der Waals surface area contributed by atoms with Gasteiger partial charge in [-0.3, -0.25) is 14.9 Å². The first-order valence-corrected chi connectivity index (χ1v) is 4.20. The first-order chi connectivity index (χ1) is 6.24. The van der Waals surface area contributed by atoms with Crippen LogP contribution >= 0.6 is 0 Å².